The Morgan fingerprint density at radius 1 is 1.15 bits per heavy atom. The van der Waals surface area contributed by atoms with E-state index in [4.69, 9.17) is 4.74 Å². The smallest absolute Gasteiger partial charge is 0.252 e. The van der Waals surface area contributed by atoms with E-state index in [-0.39, 0.29) is 5.91 Å². The number of thioether (sulfide) groups is 1. The largest absolute Gasteiger partial charge is 0.383 e. The van der Waals surface area contributed by atoms with E-state index in [1.54, 1.807) is 24.9 Å². The van der Waals surface area contributed by atoms with Crippen LogP contribution in [0.5, 0.6) is 0 Å². The molecular formula is C20H21N3O2S. The lowest BCUT2D eigenvalue weighted by Gasteiger charge is -2.12. The second-order valence-corrected chi connectivity index (χ2v) is 6.56. The third-order valence-electron chi connectivity index (χ3n) is 3.89. The van der Waals surface area contributed by atoms with E-state index in [1.807, 2.05) is 42.7 Å². The molecule has 0 aliphatic heterocycles. The van der Waals surface area contributed by atoms with Gasteiger partial charge in [-0.15, -0.1) is 11.8 Å². The summed E-state index contributed by atoms with van der Waals surface area (Å²) in [7, 11) is 1.61. The molecule has 2 aromatic carbocycles. The summed E-state index contributed by atoms with van der Waals surface area (Å²) in [4.78, 5) is 18.4. The van der Waals surface area contributed by atoms with E-state index in [2.05, 4.69) is 27.8 Å². The fourth-order valence-corrected chi connectivity index (χ4v) is 3.10. The molecule has 0 radical (unpaired) electrons. The first-order valence-corrected chi connectivity index (χ1v) is 9.51. The number of para-hydroxylation sites is 1. The number of anilines is 2. The van der Waals surface area contributed by atoms with E-state index in [9.17, 15) is 4.79 Å². The first-order valence-electron chi connectivity index (χ1n) is 8.29. The number of pyridine rings is 1. The molecule has 3 rings (SSSR count). The standard InChI is InChI=1S/C20H21N3O2S/c1-25-11-10-21-20(24)17-13-19(23-18-9-4-3-8-16(17)18)22-14-6-5-7-15(12-14)26-2/h3-9,12-13H,10-11H2,1-2H3,(H,21,24)(H,22,23). The normalized spacial score (nSPS) is 10.7. The average Bonchev–Trinajstić information content (AvgIpc) is 2.67. The second kappa shape index (κ2) is 8.69. The third-order valence-corrected chi connectivity index (χ3v) is 4.62. The molecule has 134 valence electrons. The average molecular weight is 367 g/mol. The number of nitrogens with zero attached hydrogens (tertiary/aromatic N) is 1. The van der Waals surface area contributed by atoms with Crippen LogP contribution < -0.4 is 10.6 Å². The molecule has 0 fully saturated rings. The van der Waals surface area contributed by atoms with Gasteiger partial charge in [0.1, 0.15) is 5.82 Å². The highest BCUT2D eigenvalue weighted by Crippen LogP contribution is 2.25. The van der Waals surface area contributed by atoms with Crippen LogP contribution in [0, 0.1) is 0 Å². The molecular weight excluding hydrogens is 346 g/mol. The number of methoxy groups -OCH3 is 1. The Morgan fingerprint density at radius 3 is 2.81 bits per heavy atom. The minimum absolute atomic E-state index is 0.137. The molecule has 0 saturated carbocycles. The van der Waals surface area contributed by atoms with E-state index in [1.165, 1.54) is 0 Å². The number of aromatic nitrogens is 1. The Hall–Kier alpha value is -2.57. The highest BCUT2D eigenvalue weighted by atomic mass is 32.2. The molecule has 1 amide bonds. The quantitative estimate of drug-likeness (QED) is 0.487. The molecule has 0 atom stereocenters. The Kier molecular flexibility index (Phi) is 6.09. The van der Waals surface area contributed by atoms with Gasteiger partial charge in [0.2, 0.25) is 0 Å². The van der Waals surface area contributed by atoms with Gasteiger partial charge in [0.25, 0.3) is 5.91 Å². The molecule has 1 aromatic heterocycles. The number of rotatable bonds is 7. The van der Waals surface area contributed by atoms with Crippen LogP contribution in [-0.2, 0) is 4.74 Å². The van der Waals surface area contributed by atoms with E-state index >= 15 is 0 Å². The summed E-state index contributed by atoms with van der Waals surface area (Å²) in [5.74, 6) is 0.500. The molecule has 6 heteroatoms. The molecule has 26 heavy (non-hydrogen) atoms. The summed E-state index contributed by atoms with van der Waals surface area (Å²) < 4.78 is 5.00. The van der Waals surface area contributed by atoms with Crippen molar-refractivity contribution in [2.45, 2.75) is 4.90 Å². The number of ether oxygens (including phenoxy) is 1. The van der Waals surface area contributed by atoms with Gasteiger partial charge >= 0.3 is 0 Å². The van der Waals surface area contributed by atoms with Gasteiger partial charge in [-0.2, -0.15) is 0 Å². The van der Waals surface area contributed by atoms with Gasteiger partial charge in [0.15, 0.2) is 0 Å². The van der Waals surface area contributed by atoms with Crippen LogP contribution in [0.25, 0.3) is 10.9 Å². The summed E-state index contributed by atoms with van der Waals surface area (Å²) in [6.45, 7) is 0.936. The van der Waals surface area contributed by atoms with Crippen LogP contribution in [0.3, 0.4) is 0 Å². The molecule has 5 nitrogen and oxygen atoms in total. The maximum absolute atomic E-state index is 12.6. The predicted molar refractivity (Wildman–Crippen MR) is 107 cm³/mol. The first-order chi connectivity index (χ1) is 12.7. The van der Waals surface area contributed by atoms with Crippen molar-refractivity contribution >= 4 is 40.1 Å². The molecule has 0 bridgehead atoms. The SMILES string of the molecule is COCCNC(=O)c1cc(Nc2cccc(SC)c2)nc2ccccc12. The minimum Gasteiger partial charge on any atom is -0.383 e. The van der Waals surface area contributed by atoms with Gasteiger partial charge < -0.3 is 15.4 Å². The fourth-order valence-electron chi connectivity index (χ4n) is 2.64. The van der Waals surface area contributed by atoms with Crippen molar-refractivity contribution in [1.29, 1.82) is 0 Å². The highest BCUT2D eigenvalue weighted by Gasteiger charge is 2.13. The minimum atomic E-state index is -0.137. The topological polar surface area (TPSA) is 63.2 Å². The number of nitrogens with one attached hydrogen (secondary N) is 2. The van der Waals surface area contributed by atoms with Crippen LogP contribution in [0.1, 0.15) is 10.4 Å². The van der Waals surface area contributed by atoms with E-state index in [0.29, 0.717) is 24.5 Å². The summed E-state index contributed by atoms with van der Waals surface area (Å²) in [6, 6.07) is 17.5. The number of carbonyl (C=O) groups excluding carboxylic acids is 1. The fraction of sp³-hybridized carbons (Fsp3) is 0.200. The summed E-state index contributed by atoms with van der Waals surface area (Å²) in [6.07, 6.45) is 2.04. The van der Waals surface area contributed by atoms with Crippen molar-refractivity contribution in [1.82, 2.24) is 10.3 Å². The van der Waals surface area contributed by atoms with Crippen molar-refractivity contribution in [3.05, 3.63) is 60.2 Å². The summed E-state index contributed by atoms with van der Waals surface area (Å²) in [5.41, 5.74) is 2.30. The molecule has 2 N–H and O–H groups in total. The lowest BCUT2D eigenvalue weighted by Crippen LogP contribution is -2.27. The number of amides is 1. The number of fused-ring (bicyclic) bond motifs is 1. The van der Waals surface area contributed by atoms with E-state index < -0.39 is 0 Å². The second-order valence-electron chi connectivity index (χ2n) is 5.68. The number of hydrogen-bond acceptors (Lipinski definition) is 5. The van der Waals surface area contributed by atoms with E-state index in [0.717, 1.165) is 21.5 Å². The lowest BCUT2D eigenvalue weighted by molar-refractivity contribution is 0.0938. The van der Waals surface area contributed by atoms with Crippen molar-refractivity contribution in [2.75, 3.05) is 31.8 Å². The Labute approximate surface area is 157 Å². The Bertz CT molecular complexity index is 914. The van der Waals surface area contributed by atoms with Crippen LogP contribution in [0.15, 0.2) is 59.5 Å². The lowest BCUT2D eigenvalue weighted by atomic mass is 10.1. The molecule has 0 saturated heterocycles. The number of benzene rings is 2. The highest BCUT2D eigenvalue weighted by molar-refractivity contribution is 7.98. The Balaban J connectivity index is 1.94. The summed E-state index contributed by atoms with van der Waals surface area (Å²) in [5, 5.41) is 7.01. The zero-order valence-corrected chi connectivity index (χ0v) is 15.6. The first kappa shape index (κ1) is 18.2. The summed E-state index contributed by atoms with van der Waals surface area (Å²) >= 11 is 1.68. The van der Waals surface area contributed by atoms with Gasteiger partial charge in [-0.3, -0.25) is 4.79 Å². The predicted octanol–water partition coefficient (Wildman–Crippen LogP) is 4.08. The molecule has 0 aliphatic rings. The van der Waals surface area contributed by atoms with Crippen molar-refractivity contribution in [2.24, 2.45) is 0 Å². The van der Waals surface area contributed by atoms with Gasteiger partial charge in [-0.05, 0) is 36.6 Å². The maximum atomic E-state index is 12.6. The molecule has 0 spiro atoms. The molecule has 0 aliphatic carbocycles. The Morgan fingerprint density at radius 2 is 2.00 bits per heavy atom. The van der Waals surface area contributed by atoms with Gasteiger partial charge in [-0.1, -0.05) is 24.3 Å². The third kappa shape index (κ3) is 4.33. The number of carbonyl (C=O) groups is 1. The zero-order valence-electron chi connectivity index (χ0n) is 14.8. The van der Waals surface area contributed by atoms with Crippen LogP contribution in [0.4, 0.5) is 11.5 Å². The van der Waals surface area contributed by atoms with Crippen LogP contribution in [-0.4, -0.2) is 37.4 Å². The maximum Gasteiger partial charge on any atom is 0.252 e. The number of hydrogen-bond donors (Lipinski definition) is 2. The monoisotopic (exact) mass is 367 g/mol. The molecule has 1 heterocycles. The van der Waals surface area contributed by atoms with Gasteiger partial charge in [0.05, 0.1) is 17.7 Å². The van der Waals surface area contributed by atoms with Crippen molar-refractivity contribution in [3.63, 3.8) is 0 Å². The van der Waals surface area contributed by atoms with Gasteiger partial charge in [-0.25, -0.2) is 4.98 Å². The molecule has 0 unspecified atom stereocenters. The van der Waals surface area contributed by atoms with Crippen molar-refractivity contribution in [3.8, 4) is 0 Å². The van der Waals surface area contributed by atoms with Gasteiger partial charge in [0, 0.05) is 29.6 Å². The van der Waals surface area contributed by atoms with Crippen LogP contribution in [0.2, 0.25) is 0 Å². The van der Waals surface area contributed by atoms with Crippen LogP contribution >= 0.6 is 11.8 Å². The molecule has 3 aromatic rings. The zero-order chi connectivity index (χ0) is 18.4. The van der Waals surface area contributed by atoms with Crippen molar-refractivity contribution < 1.29 is 9.53 Å².